The van der Waals surface area contributed by atoms with Crippen molar-refractivity contribution in [3.8, 4) is 0 Å². The maximum absolute atomic E-state index is 13.3. The second-order valence-electron chi connectivity index (χ2n) is 6.35. The Bertz CT molecular complexity index is 1220. The van der Waals surface area contributed by atoms with E-state index in [9.17, 15) is 9.59 Å². The lowest BCUT2D eigenvalue weighted by Gasteiger charge is -2.24. The maximum atomic E-state index is 13.3. The summed E-state index contributed by atoms with van der Waals surface area (Å²) in [5.41, 5.74) is 1.41. The van der Waals surface area contributed by atoms with Gasteiger partial charge >= 0.3 is 0 Å². The van der Waals surface area contributed by atoms with E-state index < -0.39 is 6.04 Å². The van der Waals surface area contributed by atoms with E-state index in [0.29, 0.717) is 22.4 Å². The van der Waals surface area contributed by atoms with Crippen LogP contribution in [0.15, 0.2) is 88.2 Å². The van der Waals surface area contributed by atoms with Crippen molar-refractivity contribution in [3.63, 3.8) is 0 Å². The van der Waals surface area contributed by atoms with Crippen LogP contribution in [0.4, 0.5) is 5.82 Å². The SMILES string of the molecule is O=C1c2oc3ccccc3c(=O)c2[C@@H](c2ccccc2)N1c1ccccn1. The number of para-hydroxylation sites is 1. The molecule has 5 heteroatoms. The average Bonchev–Trinajstić information content (AvgIpc) is 3.02. The molecular weight excluding hydrogens is 340 g/mol. The Morgan fingerprint density at radius 1 is 0.852 bits per heavy atom. The predicted octanol–water partition coefficient (Wildman–Crippen LogP) is 3.94. The molecule has 1 amide bonds. The molecule has 0 saturated heterocycles. The molecule has 0 unspecified atom stereocenters. The molecule has 1 aliphatic heterocycles. The first-order valence-corrected chi connectivity index (χ1v) is 8.61. The van der Waals surface area contributed by atoms with Gasteiger partial charge in [0.05, 0.1) is 17.0 Å². The third-order valence-corrected chi connectivity index (χ3v) is 4.79. The summed E-state index contributed by atoms with van der Waals surface area (Å²) < 4.78 is 5.88. The molecule has 130 valence electrons. The molecule has 0 bridgehead atoms. The highest BCUT2D eigenvalue weighted by Crippen LogP contribution is 2.40. The third kappa shape index (κ3) is 2.29. The Balaban J connectivity index is 1.84. The monoisotopic (exact) mass is 354 g/mol. The van der Waals surface area contributed by atoms with Gasteiger partial charge in [0, 0.05) is 6.20 Å². The molecule has 5 rings (SSSR count). The fourth-order valence-electron chi connectivity index (χ4n) is 3.60. The average molecular weight is 354 g/mol. The topological polar surface area (TPSA) is 63.4 Å². The molecule has 1 atom stereocenters. The van der Waals surface area contributed by atoms with Crippen molar-refractivity contribution in [1.29, 1.82) is 0 Å². The summed E-state index contributed by atoms with van der Waals surface area (Å²) in [5.74, 6) is 0.199. The van der Waals surface area contributed by atoms with Gasteiger partial charge in [-0.3, -0.25) is 14.5 Å². The lowest BCUT2D eigenvalue weighted by atomic mass is 9.98. The lowest BCUT2D eigenvalue weighted by Crippen LogP contribution is -2.30. The van der Waals surface area contributed by atoms with E-state index in [1.165, 1.54) is 4.90 Å². The van der Waals surface area contributed by atoms with Gasteiger partial charge < -0.3 is 4.42 Å². The molecule has 0 saturated carbocycles. The number of benzene rings is 2. The van der Waals surface area contributed by atoms with Crippen LogP contribution in [0.3, 0.4) is 0 Å². The zero-order valence-corrected chi connectivity index (χ0v) is 14.2. The summed E-state index contributed by atoms with van der Waals surface area (Å²) in [6.07, 6.45) is 1.62. The Labute approximate surface area is 154 Å². The Morgan fingerprint density at radius 3 is 2.37 bits per heavy atom. The summed E-state index contributed by atoms with van der Waals surface area (Å²) in [7, 11) is 0. The fourth-order valence-corrected chi connectivity index (χ4v) is 3.60. The van der Waals surface area contributed by atoms with Crippen LogP contribution >= 0.6 is 0 Å². The molecule has 0 N–H and O–H groups in total. The van der Waals surface area contributed by atoms with Gasteiger partial charge in [0.25, 0.3) is 5.91 Å². The Hall–Kier alpha value is -3.73. The van der Waals surface area contributed by atoms with Gasteiger partial charge in [-0.15, -0.1) is 0 Å². The predicted molar refractivity (Wildman–Crippen MR) is 102 cm³/mol. The number of nitrogens with zero attached hydrogens (tertiary/aromatic N) is 2. The van der Waals surface area contributed by atoms with Gasteiger partial charge in [0.15, 0.2) is 5.43 Å². The number of amides is 1. The standard InChI is InChI=1S/C22H14N2O3/c25-20-15-10-4-5-11-16(15)27-21-18(20)19(14-8-2-1-3-9-14)24(22(21)26)17-12-6-7-13-23-17/h1-13,19H/t19-/m1/s1. The number of hydrogen-bond donors (Lipinski definition) is 0. The molecule has 2 aromatic heterocycles. The molecule has 0 radical (unpaired) electrons. The maximum Gasteiger partial charge on any atom is 0.296 e. The van der Waals surface area contributed by atoms with Crippen molar-refractivity contribution in [3.05, 3.63) is 106 Å². The van der Waals surface area contributed by atoms with Crippen molar-refractivity contribution in [2.24, 2.45) is 0 Å². The minimum absolute atomic E-state index is 0.0817. The molecule has 2 aromatic carbocycles. The van der Waals surface area contributed by atoms with E-state index in [1.807, 2.05) is 36.4 Å². The van der Waals surface area contributed by atoms with E-state index in [0.717, 1.165) is 5.56 Å². The zero-order valence-electron chi connectivity index (χ0n) is 14.2. The van der Waals surface area contributed by atoms with E-state index in [2.05, 4.69) is 4.98 Å². The number of anilines is 1. The van der Waals surface area contributed by atoms with Crippen LogP contribution in [0.5, 0.6) is 0 Å². The largest absolute Gasteiger partial charge is 0.450 e. The quantitative estimate of drug-likeness (QED) is 0.547. The summed E-state index contributed by atoms with van der Waals surface area (Å²) in [4.78, 5) is 32.4. The van der Waals surface area contributed by atoms with Crippen LogP contribution in [0.2, 0.25) is 0 Å². The Kier molecular flexibility index (Phi) is 3.40. The van der Waals surface area contributed by atoms with E-state index >= 15 is 0 Å². The van der Waals surface area contributed by atoms with Crippen LogP contribution < -0.4 is 10.3 Å². The number of carbonyl (C=O) groups excluding carboxylic acids is 1. The first kappa shape index (κ1) is 15.5. The number of rotatable bonds is 2. The summed E-state index contributed by atoms with van der Waals surface area (Å²) in [5, 5.41) is 0.466. The van der Waals surface area contributed by atoms with Gasteiger partial charge in [-0.05, 0) is 29.8 Å². The van der Waals surface area contributed by atoms with Crippen LogP contribution in [0.1, 0.15) is 27.7 Å². The molecule has 0 fully saturated rings. The van der Waals surface area contributed by atoms with Crippen LogP contribution in [0.25, 0.3) is 11.0 Å². The number of aromatic nitrogens is 1. The van der Waals surface area contributed by atoms with E-state index in [4.69, 9.17) is 4.42 Å². The number of fused-ring (bicyclic) bond motifs is 2. The molecule has 0 aliphatic carbocycles. The first-order chi connectivity index (χ1) is 13.3. The van der Waals surface area contributed by atoms with Gasteiger partial charge in [0.2, 0.25) is 5.76 Å². The summed E-state index contributed by atoms with van der Waals surface area (Å²) in [6.45, 7) is 0. The number of hydrogen-bond acceptors (Lipinski definition) is 4. The summed E-state index contributed by atoms with van der Waals surface area (Å²) in [6, 6.07) is 21.2. The molecule has 3 heterocycles. The molecule has 4 aromatic rings. The Morgan fingerprint density at radius 2 is 1.59 bits per heavy atom. The van der Waals surface area contributed by atoms with Gasteiger partial charge in [-0.1, -0.05) is 48.5 Å². The highest BCUT2D eigenvalue weighted by molar-refractivity contribution is 6.10. The number of pyridine rings is 1. The van der Waals surface area contributed by atoms with E-state index in [-0.39, 0.29) is 17.1 Å². The first-order valence-electron chi connectivity index (χ1n) is 8.61. The second kappa shape index (κ2) is 5.92. The van der Waals surface area contributed by atoms with Gasteiger partial charge in [0.1, 0.15) is 11.4 Å². The number of carbonyl (C=O) groups is 1. The summed E-state index contributed by atoms with van der Waals surface area (Å²) >= 11 is 0. The van der Waals surface area contributed by atoms with Crippen LogP contribution in [-0.4, -0.2) is 10.9 Å². The molecule has 1 aliphatic rings. The third-order valence-electron chi connectivity index (χ3n) is 4.79. The highest BCUT2D eigenvalue weighted by Gasteiger charge is 2.44. The van der Waals surface area contributed by atoms with Crippen molar-refractivity contribution in [2.75, 3.05) is 4.90 Å². The van der Waals surface area contributed by atoms with Gasteiger partial charge in [-0.25, -0.2) is 4.98 Å². The van der Waals surface area contributed by atoms with Crippen LogP contribution in [0, 0.1) is 0 Å². The normalized spacial score (nSPS) is 15.9. The van der Waals surface area contributed by atoms with Crippen molar-refractivity contribution in [1.82, 2.24) is 4.98 Å². The van der Waals surface area contributed by atoms with Crippen LogP contribution in [-0.2, 0) is 0 Å². The van der Waals surface area contributed by atoms with Crippen molar-refractivity contribution in [2.45, 2.75) is 6.04 Å². The second-order valence-corrected chi connectivity index (χ2v) is 6.35. The minimum Gasteiger partial charge on any atom is -0.450 e. The molecular formula is C22H14N2O3. The minimum atomic E-state index is -0.579. The molecule has 5 nitrogen and oxygen atoms in total. The van der Waals surface area contributed by atoms with Crippen molar-refractivity contribution >= 4 is 22.7 Å². The lowest BCUT2D eigenvalue weighted by molar-refractivity contribution is 0.0970. The molecule has 0 spiro atoms. The van der Waals surface area contributed by atoms with E-state index in [1.54, 1.807) is 42.6 Å². The van der Waals surface area contributed by atoms with Crippen molar-refractivity contribution < 1.29 is 9.21 Å². The molecule has 27 heavy (non-hydrogen) atoms. The zero-order chi connectivity index (χ0) is 18.4. The fraction of sp³-hybridized carbons (Fsp3) is 0.0455. The van der Waals surface area contributed by atoms with Gasteiger partial charge in [-0.2, -0.15) is 0 Å². The smallest absolute Gasteiger partial charge is 0.296 e. The highest BCUT2D eigenvalue weighted by atomic mass is 16.3.